The summed E-state index contributed by atoms with van der Waals surface area (Å²) in [5.74, 6) is 1.14. The second-order valence-electron chi connectivity index (χ2n) is 6.58. The Morgan fingerprint density at radius 1 is 1.46 bits per heavy atom. The van der Waals surface area contributed by atoms with Crippen molar-refractivity contribution in [1.82, 2.24) is 14.9 Å². The first kappa shape index (κ1) is 19.3. The lowest BCUT2D eigenvalue weighted by Crippen LogP contribution is -2.56. The van der Waals surface area contributed by atoms with Crippen LogP contribution in [-0.2, 0) is 14.3 Å². The molecule has 2 fully saturated rings. The molecule has 4 heterocycles. The summed E-state index contributed by atoms with van der Waals surface area (Å²) in [5, 5.41) is 5.10. The number of carbonyl (C=O) groups is 3. The molecule has 2 amide bonds. The van der Waals surface area contributed by atoms with Crippen molar-refractivity contribution in [2.75, 3.05) is 29.7 Å². The highest BCUT2D eigenvalue weighted by molar-refractivity contribution is 8.04. The first-order valence-electron chi connectivity index (χ1n) is 8.48. The van der Waals surface area contributed by atoms with E-state index in [-0.39, 0.29) is 16.7 Å². The van der Waals surface area contributed by atoms with E-state index in [9.17, 15) is 14.4 Å². The zero-order chi connectivity index (χ0) is 19.9. The van der Waals surface area contributed by atoms with Crippen molar-refractivity contribution < 1.29 is 19.1 Å². The van der Waals surface area contributed by atoms with Gasteiger partial charge in [0, 0.05) is 28.6 Å². The predicted molar refractivity (Wildman–Crippen MR) is 111 cm³/mol. The molecule has 2 saturated heterocycles. The number of nitrogens with zero attached hydrogens (tertiary/aromatic N) is 2. The zero-order valence-corrected chi connectivity index (χ0v) is 17.6. The third kappa shape index (κ3) is 3.42. The van der Waals surface area contributed by atoms with Crippen LogP contribution >= 0.6 is 34.9 Å². The molecule has 0 saturated carbocycles. The molecule has 2 aromatic rings. The Bertz CT molecular complexity index is 942. The molecule has 2 aliphatic rings. The van der Waals surface area contributed by atoms with Crippen molar-refractivity contribution in [1.29, 1.82) is 0 Å². The highest BCUT2D eigenvalue weighted by Gasteiger charge is 2.51. The molecular formula is C17H18N4O4S3. The fraction of sp³-hybridized carbons (Fsp3) is 0.412. The van der Waals surface area contributed by atoms with Crippen molar-refractivity contribution in [3.8, 4) is 11.3 Å². The lowest BCUT2D eigenvalue weighted by Gasteiger charge is -2.40. The highest BCUT2D eigenvalue weighted by Crippen LogP contribution is 2.44. The Morgan fingerprint density at radius 3 is 3.07 bits per heavy atom. The van der Waals surface area contributed by atoms with Gasteiger partial charge in [0.2, 0.25) is 11.8 Å². The van der Waals surface area contributed by atoms with Crippen molar-refractivity contribution in [3.05, 3.63) is 23.3 Å². The summed E-state index contributed by atoms with van der Waals surface area (Å²) in [7, 11) is 1.32. The standard InChI is InChI=1S/C17H18N4O4S3/c1-17-8-26-7-13(22)21(17)12(6-28-17)14(23)20-16-19-11(5-27-16)9-3-10(18-4-9)15(24)25-2/h3-5,12,18H,6-8H2,1-2H3,(H,19,20,23)/t12-,17-/m0/s1. The van der Waals surface area contributed by atoms with Crippen LogP contribution in [0.5, 0.6) is 0 Å². The minimum atomic E-state index is -0.492. The lowest BCUT2D eigenvalue weighted by atomic mass is 10.2. The monoisotopic (exact) mass is 438 g/mol. The topological polar surface area (TPSA) is 104 Å². The van der Waals surface area contributed by atoms with Gasteiger partial charge in [0.25, 0.3) is 0 Å². The molecule has 0 unspecified atom stereocenters. The fourth-order valence-electron chi connectivity index (χ4n) is 3.29. The number of carbonyl (C=O) groups excluding carboxylic acids is 3. The summed E-state index contributed by atoms with van der Waals surface area (Å²) in [5.41, 5.74) is 1.70. The van der Waals surface area contributed by atoms with E-state index >= 15 is 0 Å². The van der Waals surface area contributed by atoms with E-state index < -0.39 is 12.0 Å². The van der Waals surface area contributed by atoms with Crippen LogP contribution in [0.4, 0.5) is 5.13 Å². The number of thioether (sulfide) groups is 2. The molecule has 0 bridgehead atoms. The van der Waals surface area contributed by atoms with Crippen molar-refractivity contribution in [3.63, 3.8) is 0 Å². The third-order valence-corrected chi connectivity index (χ3v) is 8.26. The maximum absolute atomic E-state index is 12.8. The molecule has 11 heteroatoms. The van der Waals surface area contributed by atoms with Gasteiger partial charge in [-0.2, -0.15) is 0 Å². The summed E-state index contributed by atoms with van der Waals surface area (Å²) in [4.78, 5) is 45.4. The number of amides is 2. The van der Waals surface area contributed by atoms with Gasteiger partial charge in [0.05, 0.1) is 23.4 Å². The number of nitrogens with one attached hydrogen (secondary N) is 2. The number of ether oxygens (including phenoxy) is 1. The highest BCUT2D eigenvalue weighted by atomic mass is 32.2. The molecule has 0 radical (unpaired) electrons. The number of aromatic amines is 1. The average Bonchev–Trinajstić information content (AvgIpc) is 3.38. The van der Waals surface area contributed by atoms with Gasteiger partial charge < -0.3 is 19.9 Å². The van der Waals surface area contributed by atoms with Gasteiger partial charge >= 0.3 is 5.97 Å². The second kappa shape index (κ2) is 7.45. The van der Waals surface area contributed by atoms with Crippen LogP contribution < -0.4 is 5.32 Å². The van der Waals surface area contributed by atoms with Crippen molar-refractivity contribution >= 4 is 57.8 Å². The number of anilines is 1. The number of aromatic nitrogens is 2. The van der Waals surface area contributed by atoms with Gasteiger partial charge in [-0.25, -0.2) is 9.78 Å². The number of H-pyrrole nitrogens is 1. The molecule has 28 heavy (non-hydrogen) atoms. The van der Waals surface area contributed by atoms with Crippen LogP contribution in [0, 0.1) is 0 Å². The second-order valence-corrected chi connectivity index (χ2v) is 9.92. The maximum atomic E-state index is 12.8. The van der Waals surface area contributed by atoms with Crippen LogP contribution in [0.3, 0.4) is 0 Å². The van der Waals surface area contributed by atoms with Crippen LogP contribution in [0.15, 0.2) is 17.6 Å². The first-order chi connectivity index (χ1) is 13.4. The average molecular weight is 439 g/mol. The summed E-state index contributed by atoms with van der Waals surface area (Å²) in [6.07, 6.45) is 1.66. The number of rotatable bonds is 4. The number of methoxy groups -OCH3 is 1. The first-order valence-corrected chi connectivity index (χ1v) is 11.5. The van der Waals surface area contributed by atoms with Gasteiger partial charge in [-0.1, -0.05) is 0 Å². The molecule has 0 aliphatic carbocycles. The molecule has 2 atom stereocenters. The molecular weight excluding hydrogens is 420 g/mol. The maximum Gasteiger partial charge on any atom is 0.354 e. The molecule has 2 aromatic heterocycles. The van der Waals surface area contributed by atoms with Gasteiger partial charge in [-0.05, 0) is 13.0 Å². The molecule has 0 aromatic carbocycles. The van der Waals surface area contributed by atoms with E-state index in [2.05, 4.69) is 20.0 Å². The Morgan fingerprint density at radius 2 is 2.29 bits per heavy atom. The van der Waals surface area contributed by atoms with E-state index in [1.807, 2.05) is 6.92 Å². The van der Waals surface area contributed by atoms with Crippen LogP contribution in [0.25, 0.3) is 11.3 Å². The van der Waals surface area contributed by atoms with Crippen LogP contribution in [0.2, 0.25) is 0 Å². The summed E-state index contributed by atoms with van der Waals surface area (Å²) >= 11 is 4.56. The Labute approximate surface area is 173 Å². The summed E-state index contributed by atoms with van der Waals surface area (Å²) in [6.45, 7) is 2.02. The van der Waals surface area contributed by atoms with Gasteiger partial charge in [-0.3, -0.25) is 9.59 Å². The third-order valence-electron chi connectivity index (χ3n) is 4.66. The van der Waals surface area contributed by atoms with E-state index in [0.717, 1.165) is 11.3 Å². The Kier molecular flexibility index (Phi) is 5.15. The smallest absolute Gasteiger partial charge is 0.354 e. The lowest BCUT2D eigenvalue weighted by molar-refractivity contribution is -0.138. The minimum Gasteiger partial charge on any atom is -0.464 e. The molecule has 148 valence electrons. The van der Waals surface area contributed by atoms with E-state index in [0.29, 0.717) is 28.0 Å². The predicted octanol–water partition coefficient (Wildman–Crippen LogP) is 2.27. The SMILES string of the molecule is COC(=O)c1cc(-c2csc(NC(=O)[C@@H]3CS[C@@]4(C)CSCC(=O)N34)n2)c[nH]1. The number of hydrogen-bond acceptors (Lipinski definition) is 8. The van der Waals surface area contributed by atoms with Crippen LogP contribution in [-0.4, -0.2) is 67.9 Å². The van der Waals surface area contributed by atoms with E-state index in [4.69, 9.17) is 0 Å². The van der Waals surface area contributed by atoms with E-state index in [1.54, 1.807) is 46.1 Å². The van der Waals surface area contributed by atoms with Crippen molar-refractivity contribution in [2.24, 2.45) is 0 Å². The number of hydrogen-bond donors (Lipinski definition) is 2. The van der Waals surface area contributed by atoms with Gasteiger partial charge in [-0.15, -0.1) is 34.9 Å². The quantitative estimate of drug-likeness (QED) is 0.706. The summed E-state index contributed by atoms with van der Waals surface area (Å²) < 4.78 is 4.68. The number of fused-ring (bicyclic) bond motifs is 1. The van der Waals surface area contributed by atoms with Gasteiger partial charge in [0.15, 0.2) is 5.13 Å². The molecule has 4 rings (SSSR count). The zero-order valence-electron chi connectivity index (χ0n) is 15.2. The largest absolute Gasteiger partial charge is 0.464 e. The van der Waals surface area contributed by atoms with E-state index in [1.165, 1.54) is 18.4 Å². The van der Waals surface area contributed by atoms with Crippen LogP contribution in [0.1, 0.15) is 17.4 Å². The molecule has 8 nitrogen and oxygen atoms in total. The molecule has 2 aliphatic heterocycles. The fourth-order valence-corrected chi connectivity index (χ4v) is 6.72. The normalized spacial score (nSPS) is 24.1. The number of esters is 1. The minimum absolute atomic E-state index is 0.00592. The molecule has 2 N–H and O–H groups in total. The molecule has 0 spiro atoms. The summed E-state index contributed by atoms with van der Waals surface area (Å²) in [6, 6.07) is 1.16. The Balaban J connectivity index is 1.47. The Hall–Kier alpha value is -1.98. The van der Waals surface area contributed by atoms with Crippen molar-refractivity contribution in [2.45, 2.75) is 17.8 Å². The number of thiazole rings is 1. The van der Waals surface area contributed by atoms with Gasteiger partial charge in [0.1, 0.15) is 11.7 Å².